The van der Waals surface area contributed by atoms with Crippen molar-refractivity contribution in [2.45, 2.75) is 25.5 Å². The van der Waals surface area contributed by atoms with E-state index in [1.165, 1.54) is 0 Å². The van der Waals surface area contributed by atoms with Gasteiger partial charge in [-0.05, 0) is 12.0 Å². The van der Waals surface area contributed by atoms with Gasteiger partial charge in [0.05, 0.1) is 0 Å². The highest BCUT2D eigenvalue weighted by molar-refractivity contribution is 6.25. The Morgan fingerprint density at radius 3 is 2.83 bits per heavy atom. The molecule has 120 valence electrons. The van der Waals surface area contributed by atoms with Crippen LogP contribution in [0.2, 0.25) is 0 Å². The fourth-order valence-corrected chi connectivity index (χ4v) is 2.11. The van der Waals surface area contributed by atoms with Gasteiger partial charge >= 0.3 is 18.3 Å². The van der Waals surface area contributed by atoms with Crippen molar-refractivity contribution in [2.24, 2.45) is 0 Å². The summed E-state index contributed by atoms with van der Waals surface area (Å²) in [6, 6.07) is 8.23. The normalized spacial score (nSPS) is 16.4. The maximum atomic E-state index is 12.1. The lowest BCUT2D eigenvalue weighted by Crippen LogP contribution is -2.38. The smallest absolute Gasteiger partial charge is 0.413 e. The number of carbonyl (C=O) groups excluding carboxylic acids is 3. The molecule has 1 saturated heterocycles. The highest BCUT2D eigenvalue weighted by Gasteiger charge is 2.38. The molecule has 0 N–H and O–H groups in total. The Labute approximate surface area is 132 Å². The molecule has 1 amide bonds. The van der Waals surface area contributed by atoms with Crippen molar-refractivity contribution in [1.82, 2.24) is 4.90 Å². The van der Waals surface area contributed by atoms with Gasteiger partial charge in [0.2, 0.25) is 5.78 Å². The summed E-state index contributed by atoms with van der Waals surface area (Å²) >= 11 is 0. The van der Waals surface area contributed by atoms with Gasteiger partial charge in [-0.2, -0.15) is 4.79 Å². The molecule has 0 saturated carbocycles. The number of hydrogen-bond donors (Lipinski definition) is 0. The summed E-state index contributed by atoms with van der Waals surface area (Å²) in [5, 5.41) is 0. The maximum Gasteiger partial charge on any atom is 0.413 e. The second kappa shape index (κ2) is 7.86. The van der Waals surface area contributed by atoms with E-state index >= 15 is 0 Å². The number of ether oxygens (including phenoxy) is 2. The second-order valence-electron chi connectivity index (χ2n) is 4.87. The summed E-state index contributed by atoms with van der Waals surface area (Å²) in [4.78, 5) is 38.8. The number of nitrogens with zero attached hydrogens (tertiary/aromatic N) is 3. The molecule has 1 aliphatic rings. The Morgan fingerprint density at radius 2 is 2.13 bits per heavy atom. The molecule has 0 radical (unpaired) electrons. The van der Waals surface area contributed by atoms with E-state index in [9.17, 15) is 14.4 Å². The van der Waals surface area contributed by atoms with Gasteiger partial charge in [0.15, 0.2) is 6.73 Å². The van der Waals surface area contributed by atoms with Gasteiger partial charge in [0.1, 0.15) is 12.6 Å². The van der Waals surface area contributed by atoms with Crippen LogP contribution in [0.25, 0.3) is 5.53 Å². The number of cyclic esters (lactones) is 1. The molecule has 2 rings (SSSR count). The van der Waals surface area contributed by atoms with Gasteiger partial charge in [0.25, 0.3) is 0 Å². The Balaban J connectivity index is 1.91. The average Bonchev–Trinajstić information content (AvgIpc) is 2.93. The van der Waals surface area contributed by atoms with Crippen LogP contribution in [0.1, 0.15) is 18.4 Å². The zero-order valence-corrected chi connectivity index (χ0v) is 12.3. The lowest BCUT2D eigenvalue weighted by Gasteiger charge is -2.19. The van der Waals surface area contributed by atoms with Crippen molar-refractivity contribution in [1.29, 1.82) is 0 Å². The molecule has 1 aromatic rings. The van der Waals surface area contributed by atoms with Gasteiger partial charge in [-0.15, -0.1) is 0 Å². The summed E-state index contributed by atoms with van der Waals surface area (Å²) < 4.78 is 9.98. The minimum Gasteiger partial charge on any atom is -0.444 e. The third-order valence-corrected chi connectivity index (χ3v) is 3.30. The average molecular weight is 317 g/mol. The third-order valence-electron chi connectivity index (χ3n) is 3.30. The Kier molecular flexibility index (Phi) is 5.60. The molecule has 0 bridgehead atoms. The third kappa shape index (κ3) is 4.49. The van der Waals surface area contributed by atoms with Crippen LogP contribution in [0.5, 0.6) is 0 Å². The Hall–Kier alpha value is -2.99. The summed E-state index contributed by atoms with van der Waals surface area (Å²) in [5.41, 5.74) is 9.09. The summed E-state index contributed by atoms with van der Waals surface area (Å²) in [6.45, 7) is -0.132. The number of Topliss-reactive ketones (excluding diaryl/α,β-unsaturated/α-hetero) is 1. The summed E-state index contributed by atoms with van der Waals surface area (Å²) in [6.07, 6.45) is 0.0855. The van der Waals surface area contributed by atoms with E-state index in [2.05, 4.69) is 4.79 Å². The van der Waals surface area contributed by atoms with Gasteiger partial charge < -0.3 is 15.0 Å². The van der Waals surface area contributed by atoms with Crippen molar-refractivity contribution in [3.05, 3.63) is 41.4 Å². The number of amides is 1. The second-order valence-corrected chi connectivity index (χ2v) is 4.87. The Bertz CT molecular complexity index is 640. The molecule has 0 aromatic heterocycles. The highest BCUT2D eigenvalue weighted by atomic mass is 16.6. The Morgan fingerprint density at radius 1 is 1.39 bits per heavy atom. The quantitative estimate of drug-likeness (QED) is 0.338. The van der Waals surface area contributed by atoms with E-state index in [4.69, 9.17) is 15.0 Å². The fourth-order valence-electron chi connectivity index (χ4n) is 2.11. The first-order chi connectivity index (χ1) is 11.1. The summed E-state index contributed by atoms with van der Waals surface area (Å²) in [7, 11) is 0. The fraction of sp³-hybridized carbons (Fsp3) is 0.333. The van der Waals surface area contributed by atoms with E-state index in [-0.39, 0.29) is 26.2 Å². The molecule has 8 nitrogen and oxygen atoms in total. The number of hydrogen-bond acceptors (Lipinski definition) is 5. The SMILES string of the molecule is [N-]=[N+]=CC(=O)CC[C@H]1C(=O)OCN1C(=O)OCc1ccccc1. The largest absolute Gasteiger partial charge is 0.444 e. The molecule has 0 aliphatic carbocycles. The predicted octanol–water partition coefficient (Wildman–Crippen LogP) is 1.16. The molecule has 0 spiro atoms. The number of ketones is 1. The lowest BCUT2D eigenvalue weighted by atomic mass is 10.1. The molecular weight excluding hydrogens is 302 g/mol. The van der Waals surface area contributed by atoms with Crippen molar-refractivity contribution in [3.8, 4) is 0 Å². The van der Waals surface area contributed by atoms with Crippen molar-refractivity contribution < 1.29 is 28.6 Å². The molecule has 1 aromatic carbocycles. The van der Waals surface area contributed by atoms with Gasteiger partial charge in [-0.3, -0.25) is 9.69 Å². The first-order valence-electron chi connectivity index (χ1n) is 6.96. The van der Waals surface area contributed by atoms with Crippen LogP contribution < -0.4 is 0 Å². The van der Waals surface area contributed by atoms with E-state index in [1.807, 2.05) is 30.3 Å². The minimum atomic E-state index is -0.880. The van der Waals surface area contributed by atoms with E-state index in [0.29, 0.717) is 0 Å². The van der Waals surface area contributed by atoms with Crippen LogP contribution in [0.3, 0.4) is 0 Å². The van der Waals surface area contributed by atoms with E-state index < -0.39 is 23.9 Å². The topological polar surface area (TPSA) is 109 Å². The van der Waals surface area contributed by atoms with Crippen LogP contribution in [-0.2, 0) is 25.7 Å². The molecule has 8 heteroatoms. The van der Waals surface area contributed by atoms with Gasteiger partial charge in [0, 0.05) is 6.42 Å². The molecule has 1 aliphatic heterocycles. The van der Waals surface area contributed by atoms with Gasteiger partial charge in [-0.1, -0.05) is 30.3 Å². The number of carbonyl (C=O) groups is 3. The molecule has 23 heavy (non-hydrogen) atoms. The number of benzene rings is 1. The molecule has 0 unspecified atom stereocenters. The standard InChI is InChI=1S/C15H15N3O5/c16-17-8-12(19)6-7-13-14(20)23-10-18(13)15(21)22-9-11-4-2-1-3-5-11/h1-5,8,13H,6-7,9-10H2/t13-/m0/s1. The van der Waals surface area contributed by atoms with Crippen LogP contribution in [-0.4, -0.2) is 46.5 Å². The van der Waals surface area contributed by atoms with Gasteiger partial charge in [-0.25, -0.2) is 9.59 Å². The first kappa shape index (κ1) is 16.4. The van der Waals surface area contributed by atoms with Crippen molar-refractivity contribution in [3.63, 3.8) is 0 Å². The zero-order chi connectivity index (χ0) is 16.7. The molecule has 1 fully saturated rings. The van der Waals surface area contributed by atoms with E-state index in [1.54, 1.807) is 0 Å². The van der Waals surface area contributed by atoms with Crippen molar-refractivity contribution >= 4 is 24.1 Å². The number of esters is 1. The summed E-state index contributed by atoms with van der Waals surface area (Å²) in [5.74, 6) is -1.04. The highest BCUT2D eigenvalue weighted by Crippen LogP contribution is 2.18. The van der Waals surface area contributed by atoms with Crippen LogP contribution in [0.4, 0.5) is 4.79 Å². The monoisotopic (exact) mass is 317 g/mol. The van der Waals surface area contributed by atoms with E-state index in [0.717, 1.165) is 16.7 Å². The predicted molar refractivity (Wildman–Crippen MR) is 77.1 cm³/mol. The zero-order valence-electron chi connectivity index (χ0n) is 12.3. The van der Waals surface area contributed by atoms with Crippen LogP contribution in [0, 0.1) is 0 Å². The van der Waals surface area contributed by atoms with Crippen LogP contribution in [0.15, 0.2) is 30.3 Å². The molecule has 1 atom stereocenters. The molecule has 1 heterocycles. The minimum absolute atomic E-state index is 0.0493. The van der Waals surface area contributed by atoms with Crippen LogP contribution >= 0.6 is 0 Å². The number of rotatable bonds is 6. The van der Waals surface area contributed by atoms with Crippen molar-refractivity contribution in [2.75, 3.05) is 6.73 Å². The first-order valence-corrected chi connectivity index (χ1v) is 6.96. The maximum absolute atomic E-state index is 12.1. The molecular formula is C15H15N3O5. The lowest BCUT2D eigenvalue weighted by molar-refractivity contribution is -0.139.